The molecule has 0 aliphatic rings. The first-order valence-electron chi connectivity index (χ1n) is 11.4. The quantitative estimate of drug-likeness (QED) is 0.473. The van der Waals surface area contributed by atoms with Crippen molar-refractivity contribution >= 4 is 39.1 Å². The summed E-state index contributed by atoms with van der Waals surface area (Å²) in [6, 6.07) is 14.3. The fraction of sp³-hybridized carbons (Fsp3) is 0.440. The van der Waals surface area contributed by atoms with Gasteiger partial charge in [-0.05, 0) is 49.4 Å². The highest BCUT2D eigenvalue weighted by Crippen LogP contribution is 2.28. The first kappa shape index (κ1) is 27.7. The summed E-state index contributed by atoms with van der Waals surface area (Å²) in [5, 5.41) is 3.12. The number of rotatable bonds is 12. The smallest absolute Gasteiger partial charge is 0.242 e. The van der Waals surface area contributed by atoms with Crippen molar-refractivity contribution in [3.8, 4) is 0 Å². The van der Waals surface area contributed by atoms with E-state index >= 15 is 0 Å². The molecule has 34 heavy (non-hydrogen) atoms. The molecule has 2 rings (SSSR count). The van der Waals surface area contributed by atoms with Crippen LogP contribution >= 0.6 is 11.6 Å². The van der Waals surface area contributed by atoms with Gasteiger partial charge >= 0.3 is 0 Å². The van der Waals surface area contributed by atoms with Gasteiger partial charge in [-0.2, -0.15) is 0 Å². The SMILES string of the molecule is CC[C@@H](C(=O)NC)N(CCc1ccccc1)C(=O)CCCN(c1cccc(Cl)c1C)S(C)(=O)=O. The highest BCUT2D eigenvalue weighted by molar-refractivity contribution is 7.92. The first-order chi connectivity index (χ1) is 16.1. The summed E-state index contributed by atoms with van der Waals surface area (Å²) in [5.41, 5.74) is 2.24. The maximum absolute atomic E-state index is 13.2. The Kier molecular flexibility index (Phi) is 10.4. The lowest BCUT2D eigenvalue weighted by atomic mass is 10.1. The molecule has 0 radical (unpaired) electrons. The molecule has 0 heterocycles. The van der Waals surface area contributed by atoms with Crippen LogP contribution in [0.1, 0.15) is 37.3 Å². The number of carbonyl (C=O) groups is 2. The molecule has 0 bridgehead atoms. The fourth-order valence-electron chi connectivity index (χ4n) is 3.91. The number of amides is 2. The van der Waals surface area contributed by atoms with Gasteiger partial charge in [-0.25, -0.2) is 8.42 Å². The summed E-state index contributed by atoms with van der Waals surface area (Å²) in [7, 11) is -2.02. The molecule has 9 heteroatoms. The number of likely N-dealkylation sites (N-methyl/N-ethyl adjacent to an activating group) is 1. The summed E-state index contributed by atoms with van der Waals surface area (Å²) in [5.74, 6) is -0.390. The molecule has 0 saturated heterocycles. The molecule has 1 atom stereocenters. The molecule has 0 spiro atoms. The number of hydrogen-bond acceptors (Lipinski definition) is 4. The average molecular weight is 508 g/mol. The number of anilines is 1. The number of sulfonamides is 1. The summed E-state index contributed by atoms with van der Waals surface area (Å²) in [6.07, 6.45) is 2.67. The van der Waals surface area contributed by atoms with Gasteiger partial charge in [0.2, 0.25) is 21.8 Å². The van der Waals surface area contributed by atoms with Crippen LogP contribution in [0.25, 0.3) is 0 Å². The van der Waals surface area contributed by atoms with Gasteiger partial charge in [0.05, 0.1) is 11.9 Å². The van der Waals surface area contributed by atoms with Crippen LogP contribution in [-0.2, 0) is 26.0 Å². The lowest BCUT2D eigenvalue weighted by Gasteiger charge is -2.31. The van der Waals surface area contributed by atoms with E-state index in [1.807, 2.05) is 37.3 Å². The molecule has 2 amide bonds. The zero-order valence-electron chi connectivity index (χ0n) is 20.3. The van der Waals surface area contributed by atoms with Crippen molar-refractivity contribution in [1.29, 1.82) is 0 Å². The third kappa shape index (κ3) is 7.46. The first-order valence-corrected chi connectivity index (χ1v) is 13.6. The molecule has 0 unspecified atom stereocenters. The molecular weight excluding hydrogens is 474 g/mol. The van der Waals surface area contributed by atoms with E-state index in [1.54, 1.807) is 37.1 Å². The molecule has 0 aromatic heterocycles. The maximum Gasteiger partial charge on any atom is 0.242 e. The van der Waals surface area contributed by atoms with Crippen molar-refractivity contribution in [2.75, 3.05) is 30.7 Å². The Labute approximate surface area is 208 Å². The Morgan fingerprint density at radius 3 is 2.32 bits per heavy atom. The summed E-state index contributed by atoms with van der Waals surface area (Å²) >= 11 is 6.19. The molecule has 0 aliphatic heterocycles. The standard InChI is InChI=1S/C25H34ClN3O4S/c1-5-22(25(31)27-3)28(18-16-20-11-7-6-8-12-20)24(30)15-10-17-29(34(4,32)33)23-14-9-13-21(26)19(23)2/h6-9,11-14,22H,5,10,15-18H2,1-4H3,(H,27,31)/t22-/m0/s1. The van der Waals surface area contributed by atoms with Gasteiger partial charge in [-0.1, -0.05) is 54.9 Å². The van der Waals surface area contributed by atoms with Crippen LogP contribution in [0.15, 0.2) is 48.5 Å². The van der Waals surface area contributed by atoms with Crippen molar-refractivity contribution in [2.45, 2.75) is 45.6 Å². The monoisotopic (exact) mass is 507 g/mol. The number of nitrogens with one attached hydrogen (secondary N) is 1. The Bertz CT molecular complexity index is 1080. The lowest BCUT2D eigenvalue weighted by Crippen LogP contribution is -2.49. The van der Waals surface area contributed by atoms with Crippen LogP contribution in [0.3, 0.4) is 0 Å². The minimum absolute atomic E-state index is 0.119. The largest absolute Gasteiger partial charge is 0.357 e. The van der Waals surface area contributed by atoms with Gasteiger partial charge in [0, 0.05) is 31.6 Å². The highest BCUT2D eigenvalue weighted by Gasteiger charge is 2.28. The van der Waals surface area contributed by atoms with E-state index in [2.05, 4.69) is 5.32 Å². The second-order valence-electron chi connectivity index (χ2n) is 8.18. The van der Waals surface area contributed by atoms with E-state index in [9.17, 15) is 18.0 Å². The van der Waals surface area contributed by atoms with E-state index in [0.29, 0.717) is 42.1 Å². The topological polar surface area (TPSA) is 86.8 Å². The number of hydrogen-bond donors (Lipinski definition) is 1. The fourth-order valence-corrected chi connectivity index (χ4v) is 5.10. The van der Waals surface area contributed by atoms with Crippen LogP contribution in [0.5, 0.6) is 0 Å². The lowest BCUT2D eigenvalue weighted by molar-refractivity contribution is -0.140. The Hall–Kier alpha value is -2.58. The second-order valence-corrected chi connectivity index (χ2v) is 10.5. The molecule has 186 valence electrons. The average Bonchev–Trinajstić information content (AvgIpc) is 2.81. The van der Waals surface area contributed by atoms with Crippen molar-refractivity contribution in [2.24, 2.45) is 0 Å². The summed E-state index contributed by atoms with van der Waals surface area (Å²) in [6.45, 7) is 4.17. The minimum Gasteiger partial charge on any atom is -0.357 e. The zero-order chi connectivity index (χ0) is 25.3. The van der Waals surface area contributed by atoms with E-state index < -0.39 is 16.1 Å². The maximum atomic E-state index is 13.2. The molecule has 2 aromatic rings. The van der Waals surface area contributed by atoms with E-state index in [0.717, 1.165) is 11.8 Å². The Balaban J connectivity index is 2.16. The van der Waals surface area contributed by atoms with Gasteiger partial charge in [0.25, 0.3) is 0 Å². The van der Waals surface area contributed by atoms with Crippen LogP contribution < -0.4 is 9.62 Å². The van der Waals surface area contributed by atoms with Gasteiger partial charge in [0.15, 0.2) is 0 Å². The Morgan fingerprint density at radius 1 is 1.06 bits per heavy atom. The molecule has 7 nitrogen and oxygen atoms in total. The molecule has 1 N–H and O–H groups in total. The van der Waals surface area contributed by atoms with Gasteiger partial charge < -0.3 is 10.2 Å². The number of nitrogens with zero attached hydrogens (tertiary/aromatic N) is 2. The number of benzene rings is 2. The van der Waals surface area contributed by atoms with Gasteiger partial charge in [0.1, 0.15) is 6.04 Å². The van der Waals surface area contributed by atoms with Crippen LogP contribution in [0.2, 0.25) is 5.02 Å². The number of halogens is 1. The van der Waals surface area contributed by atoms with E-state index in [1.165, 1.54) is 4.31 Å². The molecule has 2 aromatic carbocycles. The zero-order valence-corrected chi connectivity index (χ0v) is 21.8. The molecule has 0 aliphatic carbocycles. The minimum atomic E-state index is -3.57. The summed E-state index contributed by atoms with van der Waals surface area (Å²) < 4.78 is 26.2. The van der Waals surface area contributed by atoms with E-state index in [-0.39, 0.29) is 24.8 Å². The van der Waals surface area contributed by atoms with Gasteiger partial charge in [-0.3, -0.25) is 13.9 Å². The van der Waals surface area contributed by atoms with Crippen molar-refractivity contribution in [1.82, 2.24) is 10.2 Å². The van der Waals surface area contributed by atoms with Crippen molar-refractivity contribution < 1.29 is 18.0 Å². The second kappa shape index (κ2) is 12.8. The van der Waals surface area contributed by atoms with Crippen molar-refractivity contribution in [3.05, 3.63) is 64.7 Å². The molecule has 0 fully saturated rings. The van der Waals surface area contributed by atoms with Crippen molar-refractivity contribution in [3.63, 3.8) is 0 Å². The third-order valence-electron chi connectivity index (χ3n) is 5.78. The predicted molar refractivity (Wildman–Crippen MR) is 138 cm³/mol. The van der Waals surface area contributed by atoms with Crippen LogP contribution in [0, 0.1) is 6.92 Å². The predicted octanol–water partition coefficient (Wildman–Crippen LogP) is 3.79. The highest BCUT2D eigenvalue weighted by atomic mass is 35.5. The molecule has 0 saturated carbocycles. The third-order valence-corrected chi connectivity index (χ3v) is 7.37. The van der Waals surface area contributed by atoms with E-state index in [4.69, 9.17) is 11.6 Å². The van der Waals surface area contributed by atoms with Crippen LogP contribution in [-0.4, -0.2) is 57.6 Å². The summed E-state index contributed by atoms with van der Waals surface area (Å²) in [4.78, 5) is 27.3. The number of carbonyl (C=O) groups excluding carboxylic acids is 2. The van der Waals surface area contributed by atoms with Gasteiger partial charge in [-0.15, -0.1) is 0 Å². The Morgan fingerprint density at radius 2 is 1.74 bits per heavy atom. The van der Waals surface area contributed by atoms with Crippen LogP contribution in [0.4, 0.5) is 5.69 Å². The normalized spacial score (nSPS) is 12.1. The molecular formula is C25H34ClN3O4S.